The first-order chi connectivity index (χ1) is 27.0. The molecule has 0 aliphatic heterocycles. The van der Waals surface area contributed by atoms with E-state index in [9.17, 15) is 0 Å². The molecule has 260 valence electrons. The minimum absolute atomic E-state index is 0.0128. The second kappa shape index (κ2) is 13.2. The van der Waals surface area contributed by atoms with E-state index in [1.54, 1.807) is 0 Å². The van der Waals surface area contributed by atoms with Crippen molar-refractivity contribution in [3.63, 3.8) is 0 Å². The van der Waals surface area contributed by atoms with Crippen molar-refractivity contribution in [1.29, 1.82) is 0 Å². The molecule has 3 nitrogen and oxygen atoms in total. The normalized spacial score (nSPS) is 12.7. The summed E-state index contributed by atoms with van der Waals surface area (Å²) in [5, 5.41) is 2.43. The zero-order valence-electron chi connectivity index (χ0n) is 30.7. The fourth-order valence-electron chi connectivity index (χ4n) is 8.19. The first kappa shape index (κ1) is 32.7. The summed E-state index contributed by atoms with van der Waals surface area (Å²) in [6, 6.07) is 66.9. The molecule has 0 fully saturated rings. The monoisotopic (exact) mass is 703 g/mol. The molecule has 0 N–H and O–H groups in total. The smallest absolute Gasteiger partial charge is 0.164 e. The molecule has 0 atom stereocenters. The number of hydrogen-bond acceptors (Lipinski definition) is 3. The van der Waals surface area contributed by atoms with Crippen molar-refractivity contribution >= 4 is 10.8 Å². The largest absolute Gasteiger partial charge is 0.208 e. The van der Waals surface area contributed by atoms with Crippen molar-refractivity contribution < 1.29 is 0 Å². The fourth-order valence-corrected chi connectivity index (χ4v) is 8.19. The standard InChI is InChI=1S/C52H37N3/c1-52(2)47-19-10-9-17-45(47)46-31-29-41(33-48(46)52)35-22-20-34(21-23-35)40-28-30-44-42(32-40)16-11-18-43(44)36-24-26-39(27-25-36)51-54-49(37-12-5-3-6-13-37)53-50(55-51)38-14-7-4-8-15-38/h3-33H,1-2H3. The van der Waals surface area contributed by atoms with Gasteiger partial charge in [-0.2, -0.15) is 0 Å². The number of fused-ring (bicyclic) bond motifs is 4. The summed E-state index contributed by atoms with van der Waals surface area (Å²) in [7, 11) is 0. The van der Waals surface area contributed by atoms with Crippen LogP contribution in [0.1, 0.15) is 25.0 Å². The third kappa shape index (κ3) is 5.82. The molecule has 0 saturated carbocycles. The SMILES string of the molecule is CC1(C)c2ccccc2-c2ccc(-c3ccc(-c4ccc5c(-c6ccc(-c7nc(-c8ccccc8)nc(-c8ccccc8)n7)cc6)cccc5c4)cc3)cc21. The summed E-state index contributed by atoms with van der Waals surface area (Å²) < 4.78 is 0. The van der Waals surface area contributed by atoms with E-state index >= 15 is 0 Å². The van der Waals surface area contributed by atoms with Gasteiger partial charge in [-0.25, -0.2) is 15.0 Å². The molecular weight excluding hydrogens is 667 g/mol. The number of hydrogen-bond donors (Lipinski definition) is 0. The quantitative estimate of drug-likeness (QED) is 0.173. The molecule has 1 aliphatic carbocycles. The van der Waals surface area contributed by atoms with E-state index in [-0.39, 0.29) is 5.41 Å². The maximum absolute atomic E-state index is 4.92. The summed E-state index contributed by atoms with van der Waals surface area (Å²) >= 11 is 0. The van der Waals surface area contributed by atoms with Crippen molar-refractivity contribution in [1.82, 2.24) is 15.0 Å². The van der Waals surface area contributed by atoms with Crippen LogP contribution in [0.2, 0.25) is 0 Å². The van der Waals surface area contributed by atoms with E-state index in [1.807, 2.05) is 60.7 Å². The Labute approximate surface area is 321 Å². The van der Waals surface area contributed by atoms with Crippen LogP contribution >= 0.6 is 0 Å². The first-order valence-electron chi connectivity index (χ1n) is 18.9. The summed E-state index contributed by atoms with van der Waals surface area (Å²) in [6.07, 6.45) is 0. The first-order valence-corrected chi connectivity index (χ1v) is 18.9. The third-order valence-corrected chi connectivity index (χ3v) is 11.2. The van der Waals surface area contributed by atoms with E-state index in [2.05, 4.69) is 141 Å². The van der Waals surface area contributed by atoms with Gasteiger partial charge >= 0.3 is 0 Å². The molecule has 0 unspecified atom stereocenters. The molecule has 1 aromatic heterocycles. The highest BCUT2D eigenvalue weighted by molar-refractivity contribution is 5.99. The molecule has 8 aromatic carbocycles. The van der Waals surface area contributed by atoms with Crippen molar-refractivity contribution in [2.45, 2.75) is 19.3 Å². The van der Waals surface area contributed by atoms with Crippen LogP contribution < -0.4 is 0 Å². The molecule has 0 radical (unpaired) electrons. The Morgan fingerprint density at radius 2 is 0.764 bits per heavy atom. The molecule has 9 aromatic rings. The molecule has 0 amide bonds. The molecule has 55 heavy (non-hydrogen) atoms. The maximum atomic E-state index is 4.92. The Balaban J connectivity index is 0.935. The lowest BCUT2D eigenvalue weighted by molar-refractivity contribution is 0.660. The second-order valence-electron chi connectivity index (χ2n) is 14.9. The maximum Gasteiger partial charge on any atom is 0.164 e. The molecular formula is C52H37N3. The summed E-state index contributed by atoms with van der Waals surface area (Å²) in [6.45, 7) is 4.68. The number of nitrogens with zero attached hydrogens (tertiary/aromatic N) is 3. The predicted molar refractivity (Wildman–Crippen MR) is 228 cm³/mol. The molecule has 0 bridgehead atoms. The van der Waals surface area contributed by atoms with Crippen LogP contribution in [0, 0.1) is 0 Å². The van der Waals surface area contributed by atoms with Crippen molar-refractivity contribution in [2.24, 2.45) is 0 Å². The van der Waals surface area contributed by atoms with Gasteiger partial charge in [-0.05, 0) is 78.5 Å². The second-order valence-corrected chi connectivity index (χ2v) is 14.9. The van der Waals surface area contributed by atoms with Gasteiger partial charge in [-0.3, -0.25) is 0 Å². The van der Waals surface area contributed by atoms with Gasteiger partial charge in [0.1, 0.15) is 0 Å². The lowest BCUT2D eigenvalue weighted by atomic mass is 9.81. The van der Waals surface area contributed by atoms with Crippen molar-refractivity contribution in [3.05, 3.63) is 199 Å². The van der Waals surface area contributed by atoms with Gasteiger partial charge in [0.2, 0.25) is 0 Å². The van der Waals surface area contributed by atoms with Gasteiger partial charge in [-0.15, -0.1) is 0 Å². The van der Waals surface area contributed by atoms with E-state index < -0.39 is 0 Å². The fraction of sp³-hybridized carbons (Fsp3) is 0.0577. The zero-order valence-corrected chi connectivity index (χ0v) is 30.7. The Bertz CT molecular complexity index is 2800. The third-order valence-electron chi connectivity index (χ3n) is 11.2. The number of aromatic nitrogens is 3. The van der Waals surface area contributed by atoms with Gasteiger partial charge in [0.15, 0.2) is 17.5 Å². The molecule has 3 heteroatoms. The molecule has 1 heterocycles. The predicted octanol–water partition coefficient (Wildman–Crippen LogP) is 13.3. The van der Waals surface area contributed by atoms with Crippen molar-refractivity contribution in [3.8, 4) is 78.7 Å². The highest BCUT2D eigenvalue weighted by Gasteiger charge is 2.35. The average Bonchev–Trinajstić information content (AvgIpc) is 3.49. The van der Waals surface area contributed by atoms with Crippen LogP contribution in [-0.4, -0.2) is 15.0 Å². The van der Waals surface area contributed by atoms with Crippen LogP contribution in [0.4, 0.5) is 0 Å². The van der Waals surface area contributed by atoms with Crippen LogP contribution in [0.25, 0.3) is 89.4 Å². The molecule has 10 rings (SSSR count). The molecule has 0 spiro atoms. The minimum atomic E-state index is -0.0128. The highest BCUT2D eigenvalue weighted by Crippen LogP contribution is 2.49. The number of benzene rings is 8. The summed E-state index contributed by atoms with van der Waals surface area (Å²) in [4.78, 5) is 14.7. The van der Waals surface area contributed by atoms with E-state index in [1.165, 1.54) is 60.8 Å². The Morgan fingerprint density at radius 3 is 1.40 bits per heavy atom. The summed E-state index contributed by atoms with van der Waals surface area (Å²) in [5.74, 6) is 1.97. The lowest BCUT2D eigenvalue weighted by Gasteiger charge is -2.22. The Kier molecular flexibility index (Phi) is 7.81. The van der Waals surface area contributed by atoms with Gasteiger partial charge in [-0.1, -0.05) is 190 Å². The average molecular weight is 704 g/mol. The Morgan fingerprint density at radius 1 is 0.309 bits per heavy atom. The van der Waals surface area contributed by atoms with Crippen LogP contribution in [0.3, 0.4) is 0 Å². The molecule has 0 saturated heterocycles. The Hall–Kier alpha value is -6.97. The lowest BCUT2D eigenvalue weighted by Crippen LogP contribution is -2.14. The van der Waals surface area contributed by atoms with Crippen LogP contribution in [-0.2, 0) is 5.41 Å². The minimum Gasteiger partial charge on any atom is -0.208 e. The molecule has 1 aliphatic rings. The van der Waals surface area contributed by atoms with E-state index in [0.717, 1.165) is 22.3 Å². The van der Waals surface area contributed by atoms with Gasteiger partial charge in [0.25, 0.3) is 0 Å². The van der Waals surface area contributed by atoms with E-state index in [4.69, 9.17) is 15.0 Å². The van der Waals surface area contributed by atoms with Gasteiger partial charge in [0.05, 0.1) is 0 Å². The van der Waals surface area contributed by atoms with E-state index in [0.29, 0.717) is 17.5 Å². The van der Waals surface area contributed by atoms with Gasteiger partial charge < -0.3 is 0 Å². The summed E-state index contributed by atoms with van der Waals surface area (Å²) in [5.41, 5.74) is 15.6. The topological polar surface area (TPSA) is 38.7 Å². The van der Waals surface area contributed by atoms with Crippen LogP contribution in [0.5, 0.6) is 0 Å². The number of rotatable bonds is 6. The van der Waals surface area contributed by atoms with Crippen molar-refractivity contribution in [2.75, 3.05) is 0 Å². The van der Waals surface area contributed by atoms with Crippen LogP contribution in [0.15, 0.2) is 188 Å². The van der Waals surface area contributed by atoms with Gasteiger partial charge in [0, 0.05) is 22.1 Å². The zero-order chi connectivity index (χ0) is 36.9. The highest BCUT2D eigenvalue weighted by atomic mass is 15.0.